The Balaban J connectivity index is 3.08. The van der Waals surface area contributed by atoms with E-state index in [0.29, 0.717) is 17.2 Å². The van der Waals surface area contributed by atoms with E-state index in [1.165, 1.54) is 0 Å². The summed E-state index contributed by atoms with van der Waals surface area (Å²) in [6, 6.07) is 3.55. The van der Waals surface area contributed by atoms with Crippen LogP contribution in [-0.2, 0) is 6.42 Å². The quantitative estimate of drug-likeness (QED) is 0.921. The molecule has 1 unspecified atom stereocenters. The summed E-state index contributed by atoms with van der Waals surface area (Å²) in [6.07, 6.45) is 0.159. The number of methoxy groups -OCH3 is 1. The molecule has 0 saturated carbocycles. The van der Waals surface area contributed by atoms with Crippen molar-refractivity contribution in [3.05, 3.63) is 27.2 Å². The van der Waals surface area contributed by atoms with Crippen molar-refractivity contribution < 1.29 is 9.84 Å². The molecule has 2 nitrogen and oxygen atoms in total. The number of ether oxygens (including phenoxy) is 1. The lowest BCUT2D eigenvalue weighted by molar-refractivity contribution is 0.195. The van der Waals surface area contributed by atoms with Crippen LogP contribution in [0.15, 0.2) is 16.6 Å². The number of hydrogen-bond donors (Lipinski definition) is 1. The van der Waals surface area contributed by atoms with Gasteiger partial charge in [-0.2, -0.15) is 0 Å². The first kappa shape index (κ1) is 11.8. The Labute approximate surface area is 97.0 Å². The Hall–Kier alpha value is -0.250. The molecule has 0 aliphatic carbocycles. The van der Waals surface area contributed by atoms with Crippen molar-refractivity contribution in [2.24, 2.45) is 0 Å². The standard InChI is InChI=1S/C10H12BrClO2/c1-6(13)3-7-4-8(12)5-9(14-2)10(7)11/h4-6,13H,3H2,1-2H3. The summed E-state index contributed by atoms with van der Waals surface area (Å²) in [4.78, 5) is 0. The minimum atomic E-state index is -0.394. The fourth-order valence-electron chi connectivity index (χ4n) is 1.23. The van der Waals surface area contributed by atoms with Gasteiger partial charge < -0.3 is 9.84 Å². The molecule has 4 heteroatoms. The number of benzene rings is 1. The highest BCUT2D eigenvalue weighted by atomic mass is 79.9. The molecule has 1 aromatic rings. The Morgan fingerprint density at radius 3 is 2.71 bits per heavy atom. The van der Waals surface area contributed by atoms with Crippen molar-refractivity contribution in [2.75, 3.05) is 7.11 Å². The summed E-state index contributed by atoms with van der Waals surface area (Å²) in [5, 5.41) is 9.89. The van der Waals surface area contributed by atoms with Crippen molar-refractivity contribution in [3.8, 4) is 5.75 Å². The monoisotopic (exact) mass is 278 g/mol. The molecule has 0 bridgehead atoms. The van der Waals surface area contributed by atoms with Crippen molar-refractivity contribution in [1.29, 1.82) is 0 Å². The first-order chi connectivity index (χ1) is 6.54. The van der Waals surface area contributed by atoms with Gasteiger partial charge in [-0.25, -0.2) is 0 Å². The van der Waals surface area contributed by atoms with Gasteiger partial charge in [0.2, 0.25) is 0 Å². The van der Waals surface area contributed by atoms with Crippen LogP contribution in [0, 0.1) is 0 Å². The molecule has 0 spiro atoms. The van der Waals surface area contributed by atoms with Gasteiger partial charge in [0.1, 0.15) is 5.75 Å². The summed E-state index contributed by atoms with van der Waals surface area (Å²) in [6.45, 7) is 1.74. The van der Waals surface area contributed by atoms with E-state index in [2.05, 4.69) is 15.9 Å². The lowest BCUT2D eigenvalue weighted by atomic mass is 10.1. The van der Waals surface area contributed by atoms with Gasteiger partial charge in [0.25, 0.3) is 0 Å². The SMILES string of the molecule is COc1cc(Cl)cc(CC(C)O)c1Br. The molecule has 0 fully saturated rings. The molecule has 1 rings (SSSR count). The second kappa shape index (κ2) is 5.01. The molecule has 0 aliphatic rings. The predicted molar refractivity (Wildman–Crippen MR) is 61.1 cm³/mol. The summed E-state index contributed by atoms with van der Waals surface area (Å²) >= 11 is 9.31. The zero-order chi connectivity index (χ0) is 10.7. The first-order valence-corrected chi connectivity index (χ1v) is 5.41. The van der Waals surface area contributed by atoms with E-state index in [-0.39, 0.29) is 0 Å². The third-order valence-corrected chi connectivity index (χ3v) is 2.93. The maximum Gasteiger partial charge on any atom is 0.134 e. The zero-order valence-corrected chi connectivity index (χ0v) is 10.4. The van der Waals surface area contributed by atoms with Gasteiger partial charge in [-0.1, -0.05) is 11.6 Å². The van der Waals surface area contributed by atoms with Crippen LogP contribution >= 0.6 is 27.5 Å². The van der Waals surface area contributed by atoms with Gasteiger partial charge >= 0.3 is 0 Å². The summed E-state index contributed by atoms with van der Waals surface area (Å²) in [5.74, 6) is 0.688. The second-order valence-corrected chi connectivity index (χ2v) is 4.36. The van der Waals surface area contributed by atoms with Gasteiger partial charge in [0.05, 0.1) is 17.7 Å². The molecular weight excluding hydrogens is 267 g/mol. The molecule has 14 heavy (non-hydrogen) atoms. The van der Waals surface area contributed by atoms with Gasteiger partial charge in [-0.15, -0.1) is 0 Å². The Kier molecular flexibility index (Phi) is 4.23. The van der Waals surface area contributed by atoms with E-state index in [1.54, 1.807) is 20.1 Å². The highest BCUT2D eigenvalue weighted by Crippen LogP contribution is 2.32. The van der Waals surface area contributed by atoms with Crippen LogP contribution in [0.5, 0.6) is 5.75 Å². The number of aliphatic hydroxyl groups is 1. The van der Waals surface area contributed by atoms with Gasteiger partial charge in [0, 0.05) is 5.02 Å². The summed E-state index contributed by atoms with van der Waals surface area (Å²) in [7, 11) is 1.59. The number of rotatable bonds is 3. The maximum atomic E-state index is 9.28. The number of halogens is 2. The molecule has 0 aliphatic heterocycles. The normalized spacial score (nSPS) is 12.6. The van der Waals surface area contributed by atoms with E-state index in [1.807, 2.05) is 6.07 Å². The van der Waals surface area contributed by atoms with Crippen LogP contribution in [0.4, 0.5) is 0 Å². The summed E-state index contributed by atoms with van der Waals surface area (Å²) in [5.41, 5.74) is 0.948. The van der Waals surface area contributed by atoms with E-state index in [0.717, 1.165) is 10.0 Å². The zero-order valence-electron chi connectivity index (χ0n) is 8.05. The molecule has 1 aromatic carbocycles. The van der Waals surface area contributed by atoms with Crippen LogP contribution in [0.2, 0.25) is 5.02 Å². The van der Waals surface area contributed by atoms with Gasteiger partial charge in [0.15, 0.2) is 0 Å². The first-order valence-electron chi connectivity index (χ1n) is 4.24. The third kappa shape index (κ3) is 2.87. The Morgan fingerprint density at radius 1 is 1.57 bits per heavy atom. The molecule has 0 saturated heterocycles. The Bertz CT molecular complexity index is 326. The maximum absolute atomic E-state index is 9.28. The highest BCUT2D eigenvalue weighted by molar-refractivity contribution is 9.10. The molecule has 0 heterocycles. The van der Waals surface area contributed by atoms with Crippen molar-refractivity contribution in [1.82, 2.24) is 0 Å². The molecule has 1 atom stereocenters. The number of hydrogen-bond acceptors (Lipinski definition) is 2. The lowest BCUT2D eigenvalue weighted by Crippen LogP contribution is -2.05. The number of aliphatic hydroxyl groups excluding tert-OH is 1. The molecule has 1 N–H and O–H groups in total. The molecule has 0 amide bonds. The predicted octanol–water partition coefficient (Wildman–Crippen LogP) is 3.03. The summed E-state index contributed by atoms with van der Waals surface area (Å²) < 4.78 is 5.99. The topological polar surface area (TPSA) is 29.5 Å². The van der Waals surface area contributed by atoms with E-state index < -0.39 is 6.10 Å². The van der Waals surface area contributed by atoms with Crippen LogP contribution in [-0.4, -0.2) is 18.3 Å². The van der Waals surface area contributed by atoms with Crippen molar-refractivity contribution >= 4 is 27.5 Å². The van der Waals surface area contributed by atoms with Crippen LogP contribution in [0.25, 0.3) is 0 Å². The van der Waals surface area contributed by atoms with E-state index in [4.69, 9.17) is 16.3 Å². The molecule has 78 valence electrons. The van der Waals surface area contributed by atoms with Crippen molar-refractivity contribution in [3.63, 3.8) is 0 Å². The minimum Gasteiger partial charge on any atom is -0.496 e. The lowest BCUT2D eigenvalue weighted by Gasteiger charge is -2.11. The van der Waals surface area contributed by atoms with Crippen molar-refractivity contribution in [2.45, 2.75) is 19.4 Å². The average Bonchev–Trinajstić information content (AvgIpc) is 2.09. The third-order valence-electron chi connectivity index (χ3n) is 1.81. The van der Waals surface area contributed by atoms with Gasteiger partial charge in [-0.3, -0.25) is 0 Å². The molecule has 0 radical (unpaired) electrons. The molecule has 0 aromatic heterocycles. The average molecular weight is 280 g/mol. The second-order valence-electron chi connectivity index (χ2n) is 3.13. The van der Waals surface area contributed by atoms with E-state index >= 15 is 0 Å². The van der Waals surface area contributed by atoms with E-state index in [9.17, 15) is 5.11 Å². The van der Waals surface area contributed by atoms with Crippen LogP contribution in [0.1, 0.15) is 12.5 Å². The molecular formula is C10H12BrClO2. The van der Waals surface area contributed by atoms with Crippen LogP contribution < -0.4 is 4.74 Å². The van der Waals surface area contributed by atoms with Crippen LogP contribution in [0.3, 0.4) is 0 Å². The smallest absolute Gasteiger partial charge is 0.134 e. The highest BCUT2D eigenvalue weighted by Gasteiger charge is 2.10. The minimum absolute atomic E-state index is 0.394. The Morgan fingerprint density at radius 2 is 2.21 bits per heavy atom. The largest absolute Gasteiger partial charge is 0.496 e. The fraction of sp³-hybridized carbons (Fsp3) is 0.400. The van der Waals surface area contributed by atoms with Gasteiger partial charge in [-0.05, 0) is 47.0 Å². The fourth-order valence-corrected chi connectivity index (χ4v) is 2.02.